The molecule has 0 aliphatic carbocycles. The molecule has 0 radical (unpaired) electrons. The van der Waals surface area contributed by atoms with Gasteiger partial charge in [0.1, 0.15) is 5.75 Å². The molecule has 0 saturated carbocycles. The summed E-state index contributed by atoms with van der Waals surface area (Å²) >= 11 is 0. The summed E-state index contributed by atoms with van der Waals surface area (Å²) in [6.07, 6.45) is 2.01. The average molecular weight is 484 g/mol. The van der Waals surface area contributed by atoms with Crippen molar-refractivity contribution < 1.29 is 18.7 Å². The van der Waals surface area contributed by atoms with Crippen molar-refractivity contribution in [2.24, 2.45) is 0 Å². The summed E-state index contributed by atoms with van der Waals surface area (Å²) in [7, 11) is 1.64. The van der Waals surface area contributed by atoms with E-state index in [2.05, 4.69) is 10.2 Å². The van der Waals surface area contributed by atoms with Crippen LogP contribution in [0, 0.1) is 6.92 Å². The molecule has 0 bridgehead atoms. The molecule has 1 aromatic heterocycles. The number of aryl methyl sites for hydroxylation is 1. The fourth-order valence-corrected chi connectivity index (χ4v) is 4.49. The highest BCUT2D eigenvalue weighted by molar-refractivity contribution is 5.94. The first-order valence-corrected chi connectivity index (χ1v) is 12.1. The number of carbonyl (C=O) groups excluding carboxylic acids is 1. The fourth-order valence-electron chi connectivity index (χ4n) is 4.49. The van der Waals surface area contributed by atoms with Gasteiger partial charge in [0.25, 0.3) is 5.91 Å². The summed E-state index contributed by atoms with van der Waals surface area (Å²) in [4.78, 5) is 15.4. The lowest BCUT2D eigenvalue weighted by Gasteiger charge is -2.26. The van der Waals surface area contributed by atoms with E-state index in [1.807, 2.05) is 72.5 Å². The van der Waals surface area contributed by atoms with Gasteiger partial charge in [-0.2, -0.15) is 0 Å². The lowest BCUT2D eigenvalue weighted by Crippen LogP contribution is -2.37. The van der Waals surface area contributed by atoms with Crippen molar-refractivity contribution in [1.82, 2.24) is 15.1 Å². The SMILES string of the molecule is COc1ccccc1CN(CC1CCCO1)C(=O)c1ccc(-c2nnc(-c3ccccc3C)o2)cc1. The smallest absolute Gasteiger partial charge is 0.254 e. The van der Waals surface area contributed by atoms with Gasteiger partial charge in [-0.3, -0.25) is 4.79 Å². The van der Waals surface area contributed by atoms with Crippen molar-refractivity contribution in [2.45, 2.75) is 32.4 Å². The topological polar surface area (TPSA) is 77.7 Å². The highest BCUT2D eigenvalue weighted by atomic mass is 16.5. The van der Waals surface area contributed by atoms with E-state index in [9.17, 15) is 4.79 Å². The maximum absolute atomic E-state index is 13.6. The zero-order valence-electron chi connectivity index (χ0n) is 20.5. The van der Waals surface area contributed by atoms with Gasteiger partial charge in [0, 0.05) is 42.0 Å². The van der Waals surface area contributed by atoms with Gasteiger partial charge in [0.2, 0.25) is 11.8 Å². The lowest BCUT2D eigenvalue weighted by molar-refractivity contribution is 0.0505. The van der Waals surface area contributed by atoms with Crippen LogP contribution in [0.25, 0.3) is 22.9 Å². The third kappa shape index (κ3) is 5.16. The molecule has 3 aromatic carbocycles. The summed E-state index contributed by atoms with van der Waals surface area (Å²) in [5.41, 5.74) is 4.27. The van der Waals surface area contributed by atoms with Crippen LogP contribution in [0.1, 0.15) is 34.3 Å². The Labute approximate surface area is 210 Å². The number of para-hydroxylation sites is 1. The number of ether oxygens (including phenoxy) is 2. The predicted octanol–water partition coefficient (Wildman–Crippen LogP) is 5.54. The molecule has 36 heavy (non-hydrogen) atoms. The van der Waals surface area contributed by atoms with Crippen molar-refractivity contribution >= 4 is 5.91 Å². The van der Waals surface area contributed by atoms with E-state index in [4.69, 9.17) is 13.9 Å². The van der Waals surface area contributed by atoms with E-state index >= 15 is 0 Å². The van der Waals surface area contributed by atoms with E-state index < -0.39 is 0 Å². The third-order valence-electron chi connectivity index (χ3n) is 6.47. The average Bonchev–Trinajstić information content (AvgIpc) is 3.61. The van der Waals surface area contributed by atoms with Crippen LogP contribution in [-0.4, -0.2) is 47.4 Å². The van der Waals surface area contributed by atoms with Crippen molar-refractivity contribution in [3.63, 3.8) is 0 Å². The Balaban J connectivity index is 1.36. The van der Waals surface area contributed by atoms with Crippen LogP contribution in [-0.2, 0) is 11.3 Å². The monoisotopic (exact) mass is 483 g/mol. The van der Waals surface area contributed by atoms with Gasteiger partial charge in [-0.05, 0) is 61.7 Å². The number of carbonyl (C=O) groups is 1. The van der Waals surface area contributed by atoms with Crippen LogP contribution in [0.15, 0.2) is 77.2 Å². The van der Waals surface area contributed by atoms with E-state index in [-0.39, 0.29) is 12.0 Å². The Morgan fingerprint density at radius 1 is 1.00 bits per heavy atom. The minimum atomic E-state index is -0.0610. The Hall–Kier alpha value is -3.97. The van der Waals surface area contributed by atoms with Gasteiger partial charge >= 0.3 is 0 Å². The Bertz CT molecular complexity index is 1330. The first-order chi connectivity index (χ1) is 17.6. The van der Waals surface area contributed by atoms with Crippen LogP contribution in [0.5, 0.6) is 5.75 Å². The fraction of sp³-hybridized carbons (Fsp3) is 0.276. The molecule has 7 nitrogen and oxygen atoms in total. The maximum Gasteiger partial charge on any atom is 0.254 e. The molecule has 4 aromatic rings. The van der Waals surface area contributed by atoms with Crippen molar-refractivity contribution in [3.05, 3.63) is 89.5 Å². The second kappa shape index (κ2) is 10.7. The molecule has 1 aliphatic heterocycles. The normalized spacial score (nSPS) is 15.1. The lowest BCUT2D eigenvalue weighted by atomic mass is 10.1. The summed E-state index contributed by atoms with van der Waals surface area (Å²) < 4.78 is 17.3. The molecule has 1 saturated heterocycles. The molecule has 1 unspecified atom stereocenters. The van der Waals surface area contributed by atoms with E-state index in [0.717, 1.165) is 47.5 Å². The summed E-state index contributed by atoms with van der Waals surface area (Å²) in [6.45, 7) is 3.72. The number of amides is 1. The Morgan fingerprint density at radius 3 is 2.50 bits per heavy atom. The van der Waals surface area contributed by atoms with Crippen LogP contribution in [0.2, 0.25) is 0 Å². The van der Waals surface area contributed by atoms with E-state index in [0.29, 0.717) is 30.4 Å². The zero-order chi connectivity index (χ0) is 24.9. The van der Waals surface area contributed by atoms with Crippen LogP contribution in [0.4, 0.5) is 0 Å². The summed E-state index contributed by atoms with van der Waals surface area (Å²) in [6, 6.07) is 23.0. The zero-order valence-corrected chi connectivity index (χ0v) is 20.5. The first-order valence-electron chi connectivity index (χ1n) is 12.1. The molecular formula is C29H29N3O4. The molecule has 5 rings (SSSR count). The molecular weight excluding hydrogens is 454 g/mol. The number of rotatable bonds is 8. The number of methoxy groups -OCH3 is 1. The maximum atomic E-state index is 13.6. The number of hydrogen-bond acceptors (Lipinski definition) is 6. The van der Waals surface area contributed by atoms with Crippen LogP contribution < -0.4 is 4.74 Å². The standard InChI is InChI=1S/C29H29N3O4/c1-20-8-3-5-11-25(20)28-31-30-27(36-28)21-13-15-22(16-14-21)29(33)32(19-24-10-7-17-35-24)18-23-9-4-6-12-26(23)34-2/h3-6,8-9,11-16,24H,7,10,17-19H2,1-2H3. The predicted molar refractivity (Wildman–Crippen MR) is 137 cm³/mol. The molecule has 184 valence electrons. The minimum Gasteiger partial charge on any atom is -0.496 e. The minimum absolute atomic E-state index is 0.0428. The van der Waals surface area contributed by atoms with Gasteiger partial charge in [-0.1, -0.05) is 36.4 Å². The van der Waals surface area contributed by atoms with Crippen molar-refractivity contribution in [2.75, 3.05) is 20.3 Å². The van der Waals surface area contributed by atoms with Gasteiger partial charge in [0.15, 0.2) is 0 Å². The van der Waals surface area contributed by atoms with Gasteiger partial charge < -0.3 is 18.8 Å². The second-order valence-corrected chi connectivity index (χ2v) is 8.94. The molecule has 0 N–H and O–H groups in total. The van der Waals surface area contributed by atoms with Gasteiger partial charge in [-0.25, -0.2) is 0 Å². The molecule has 2 heterocycles. The quantitative estimate of drug-likeness (QED) is 0.327. The molecule has 1 atom stereocenters. The first kappa shape index (κ1) is 23.8. The molecule has 1 amide bonds. The Kier molecular flexibility index (Phi) is 7.09. The van der Waals surface area contributed by atoms with Gasteiger partial charge in [0.05, 0.1) is 13.2 Å². The third-order valence-corrected chi connectivity index (χ3v) is 6.47. The Morgan fingerprint density at radius 2 is 1.75 bits per heavy atom. The molecule has 7 heteroatoms. The molecule has 1 aliphatic rings. The van der Waals surface area contributed by atoms with Crippen LogP contribution >= 0.6 is 0 Å². The number of benzene rings is 3. The van der Waals surface area contributed by atoms with Gasteiger partial charge in [-0.15, -0.1) is 10.2 Å². The molecule has 1 fully saturated rings. The highest BCUT2D eigenvalue weighted by Crippen LogP contribution is 2.27. The van der Waals surface area contributed by atoms with E-state index in [1.165, 1.54) is 0 Å². The van der Waals surface area contributed by atoms with Crippen LogP contribution in [0.3, 0.4) is 0 Å². The second-order valence-electron chi connectivity index (χ2n) is 8.94. The molecule has 0 spiro atoms. The summed E-state index contributed by atoms with van der Waals surface area (Å²) in [5, 5.41) is 8.43. The number of nitrogens with zero attached hydrogens (tertiary/aromatic N) is 3. The largest absolute Gasteiger partial charge is 0.496 e. The number of hydrogen-bond donors (Lipinski definition) is 0. The van der Waals surface area contributed by atoms with E-state index in [1.54, 1.807) is 19.2 Å². The van der Waals surface area contributed by atoms with Crippen molar-refractivity contribution in [3.8, 4) is 28.7 Å². The highest BCUT2D eigenvalue weighted by Gasteiger charge is 2.25. The number of aromatic nitrogens is 2. The van der Waals surface area contributed by atoms with Crippen molar-refractivity contribution in [1.29, 1.82) is 0 Å². The summed E-state index contributed by atoms with van der Waals surface area (Å²) in [5.74, 6) is 1.59.